The van der Waals surface area contributed by atoms with Crippen molar-refractivity contribution in [2.24, 2.45) is 0 Å². The molecule has 0 bridgehead atoms. The standard InChI is InChI=1S/C18H21N3O2.CH4/c1-21-11-10-15(12-21)23-14-8-6-13(7-9-14)18(22)20-17-5-3-2-4-16(17)19;/h2-9,15H,10-12,19H2,1H3,(H,20,22);1H4/t15-;/m0./s1. The van der Waals surface area contributed by atoms with Gasteiger partial charge < -0.3 is 20.7 Å². The minimum Gasteiger partial charge on any atom is -0.489 e. The Morgan fingerprint density at radius 3 is 2.54 bits per heavy atom. The third-order valence-corrected chi connectivity index (χ3v) is 3.98. The molecule has 0 aliphatic carbocycles. The van der Waals surface area contributed by atoms with Gasteiger partial charge in [0.15, 0.2) is 0 Å². The number of para-hydroxylation sites is 2. The number of likely N-dealkylation sites (N-methyl/N-ethyl adjacent to an activating group) is 1. The SMILES string of the molecule is C.CN1CC[C@H](Oc2ccc(C(=O)Nc3ccccc3N)cc2)C1. The predicted octanol–water partition coefficient (Wildman–Crippen LogP) is 3.24. The summed E-state index contributed by atoms with van der Waals surface area (Å²) in [4.78, 5) is 14.5. The summed E-state index contributed by atoms with van der Waals surface area (Å²) in [6, 6.07) is 14.4. The Morgan fingerprint density at radius 1 is 1.21 bits per heavy atom. The monoisotopic (exact) mass is 327 g/mol. The van der Waals surface area contributed by atoms with E-state index in [2.05, 4.69) is 17.3 Å². The molecule has 0 spiro atoms. The number of rotatable bonds is 4. The van der Waals surface area contributed by atoms with Gasteiger partial charge in [-0.05, 0) is 49.9 Å². The highest BCUT2D eigenvalue weighted by Crippen LogP contribution is 2.20. The summed E-state index contributed by atoms with van der Waals surface area (Å²) in [5.41, 5.74) is 7.57. The Hall–Kier alpha value is -2.53. The average molecular weight is 327 g/mol. The predicted molar refractivity (Wildman–Crippen MR) is 98.5 cm³/mol. The van der Waals surface area contributed by atoms with Crippen LogP contribution in [0.3, 0.4) is 0 Å². The third-order valence-electron chi connectivity index (χ3n) is 3.98. The molecule has 24 heavy (non-hydrogen) atoms. The van der Waals surface area contributed by atoms with Gasteiger partial charge in [-0.1, -0.05) is 19.6 Å². The first-order chi connectivity index (χ1) is 11.1. The molecular formula is C19H25N3O2. The molecule has 2 aromatic carbocycles. The molecule has 1 aliphatic heterocycles. The van der Waals surface area contributed by atoms with Gasteiger partial charge in [0.2, 0.25) is 0 Å². The van der Waals surface area contributed by atoms with Gasteiger partial charge >= 0.3 is 0 Å². The van der Waals surface area contributed by atoms with E-state index in [9.17, 15) is 4.79 Å². The number of nitrogens with one attached hydrogen (secondary N) is 1. The highest BCUT2D eigenvalue weighted by molar-refractivity contribution is 6.05. The fourth-order valence-corrected chi connectivity index (χ4v) is 2.67. The van der Waals surface area contributed by atoms with Crippen LogP contribution in [-0.2, 0) is 0 Å². The van der Waals surface area contributed by atoms with E-state index in [0.717, 1.165) is 25.3 Å². The van der Waals surface area contributed by atoms with Crippen molar-refractivity contribution in [1.29, 1.82) is 0 Å². The number of amides is 1. The number of hydrogen-bond acceptors (Lipinski definition) is 4. The van der Waals surface area contributed by atoms with E-state index in [-0.39, 0.29) is 19.4 Å². The summed E-state index contributed by atoms with van der Waals surface area (Å²) < 4.78 is 5.92. The van der Waals surface area contributed by atoms with E-state index < -0.39 is 0 Å². The van der Waals surface area contributed by atoms with Crippen LogP contribution < -0.4 is 15.8 Å². The Kier molecular flexibility index (Phi) is 5.82. The van der Waals surface area contributed by atoms with Crippen LogP contribution in [0.25, 0.3) is 0 Å². The van der Waals surface area contributed by atoms with Crippen LogP contribution >= 0.6 is 0 Å². The normalized spacial score (nSPS) is 17.1. The second-order valence-corrected chi connectivity index (χ2v) is 5.86. The highest BCUT2D eigenvalue weighted by atomic mass is 16.5. The molecule has 2 aromatic rings. The number of benzene rings is 2. The van der Waals surface area contributed by atoms with Crippen LogP contribution in [0, 0.1) is 0 Å². The molecule has 1 heterocycles. The van der Waals surface area contributed by atoms with Gasteiger partial charge in [0.25, 0.3) is 5.91 Å². The Bertz CT molecular complexity index is 685. The third kappa shape index (κ3) is 4.26. The van der Waals surface area contributed by atoms with Crippen LogP contribution in [-0.4, -0.2) is 37.0 Å². The molecule has 3 rings (SSSR count). The van der Waals surface area contributed by atoms with Crippen molar-refractivity contribution < 1.29 is 9.53 Å². The van der Waals surface area contributed by atoms with Gasteiger partial charge in [-0.2, -0.15) is 0 Å². The molecule has 0 saturated carbocycles. The van der Waals surface area contributed by atoms with Gasteiger partial charge in [0.05, 0.1) is 11.4 Å². The lowest BCUT2D eigenvalue weighted by atomic mass is 10.2. The molecule has 0 unspecified atom stereocenters. The lowest BCUT2D eigenvalue weighted by Gasteiger charge is -2.14. The number of ether oxygens (including phenoxy) is 1. The lowest BCUT2D eigenvalue weighted by molar-refractivity contribution is 0.102. The van der Waals surface area contributed by atoms with E-state index in [1.807, 2.05) is 24.3 Å². The number of nitrogens with zero attached hydrogens (tertiary/aromatic N) is 1. The van der Waals surface area contributed by atoms with Gasteiger partial charge in [-0.3, -0.25) is 4.79 Å². The van der Waals surface area contributed by atoms with Gasteiger partial charge in [-0.15, -0.1) is 0 Å². The average Bonchev–Trinajstić information content (AvgIpc) is 2.95. The van der Waals surface area contributed by atoms with E-state index in [4.69, 9.17) is 10.5 Å². The van der Waals surface area contributed by atoms with Crippen LogP contribution in [0.15, 0.2) is 48.5 Å². The van der Waals surface area contributed by atoms with Crippen LogP contribution in [0.4, 0.5) is 11.4 Å². The highest BCUT2D eigenvalue weighted by Gasteiger charge is 2.20. The molecule has 1 saturated heterocycles. The molecule has 0 radical (unpaired) electrons. The molecule has 0 aromatic heterocycles. The molecule has 1 aliphatic rings. The molecule has 5 nitrogen and oxygen atoms in total. The van der Waals surface area contributed by atoms with Crippen molar-refractivity contribution in [3.05, 3.63) is 54.1 Å². The molecule has 1 atom stereocenters. The second-order valence-electron chi connectivity index (χ2n) is 5.86. The largest absolute Gasteiger partial charge is 0.489 e. The van der Waals surface area contributed by atoms with Gasteiger partial charge in [0.1, 0.15) is 11.9 Å². The summed E-state index contributed by atoms with van der Waals surface area (Å²) in [5, 5.41) is 2.81. The Morgan fingerprint density at radius 2 is 1.92 bits per heavy atom. The maximum absolute atomic E-state index is 12.3. The van der Waals surface area contributed by atoms with E-state index in [1.165, 1.54) is 0 Å². The van der Waals surface area contributed by atoms with Crippen molar-refractivity contribution in [2.75, 3.05) is 31.2 Å². The Labute approximate surface area is 143 Å². The number of hydrogen-bond donors (Lipinski definition) is 2. The molecule has 5 heteroatoms. The van der Waals surface area contributed by atoms with Crippen LogP contribution in [0.2, 0.25) is 0 Å². The fourth-order valence-electron chi connectivity index (χ4n) is 2.67. The Balaban J connectivity index is 0.00000208. The molecule has 128 valence electrons. The summed E-state index contributed by atoms with van der Waals surface area (Å²) in [6.45, 7) is 2.00. The zero-order valence-electron chi connectivity index (χ0n) is 13.2. The summed E-state index contributed by atoms with van der Waals surface area (Å²) in [7, 11) is 2.09. The minimum atomic E-state index is -0.185. The molecule has 1 fully saturated rings. The van der Waals surface area contributed by atoms with Gasteiger partial charge in [0, 0.05) is 18.7 Å². The van der Waals surface area contributed by atoms with Crippen molar-refractivity contribution in [1.82, 2.24) is 4.90 Å². The summed E-state index contributed by atoms with van der Waals surface area (Å²) >= 11 is 0. The zero-order chi connectivity index (χ0) is 16.2. The molecule has 3 N–H and O–H groups in total. The number of carbonyl (C=O) groups excluding carboxylic acids is 1. The number of nitrogens with two attached hydrogens (primary N) is 1. The maximum atomic E-state index is 12.3. The lowest BCUT2D eigenvalue weighted by Crippen LogP contribution is -2.21. The molecular weight excluding hydrogens is 302 g/mol. The van der Waals surface area contributed by atoms with Crippen LogP contribution in [0.1, 0.15) is 24.2 Å². The van der Waals surface area contributed by atoms with E-state index in [1.54, 1.807) is 24.3 Å². The first-order valence-corrected chi connectivity index (χ1v) is 7.73. The van der Waals surface area contributed by atoms with Crippen molar-refractivity contribution >= 4 is 17.3 Å². The summed E-state index contributed by atoms with van der Waals surface area (Å²) in [6.07, 6.45) is 1.26. The maximum Gasteiger partial charge on any atom is 0.255 e. The quantitative estimate of drug-likeness (QED) is 0.846. The fraction of sp³-hybridized carbons (Fsp3) is 0.316. The smallest absolute Gasteiger partial charge is 0.255 e. The topological polar surface area (TPSA) is 67.6 Å². The first-order valence-electron chi connectivity index (χ1n) is 7.73. The van der Waals surface area contributed by atoms with Crippen LogP contribution in [0.5, 0.6) is 5.75 Å². The first kappa shape index (κ1) is 17.8. The minimum absolute atomic E-state index is 0. The van der Waals surface area contributed by atoms with E-state index in [0.29, 0.717) is 16.9 Å². The summed E-state index contributed by atoms with van der Waals surface area (Å²) in [5.74, 6) is 0.608. The van der Waals surface area contributed by atoms with Crippen molar-refractivity contribution in [3.63, 3.8) is 0 Å². The number of carbonyl (C=O) groups is 1. The zero-order valence-corrected chi connectivity index (χ0v) is 13.2. The van der Waals surface area contributed by atoms with Gasteiger partial charge in [-0.25, -0.2) is 0 Å². The van der Waals surface area contributed by atoms with Crippen molar-refractivity contribution in [3.8, 4) is 5.75 Å². The molecule has 1 amide bonds. The van der Waals surface area contributed by atoms with E-state index >= 15 is 0 Å². The van der Waals surface area contributed by atoms with Crippen molar-refractivity contribution in [2.45, 2.75) is 20.0 Å². The number of anilines is 2. The number of likely N-dealkylation sites (tertiary alicyclic amines) is 1. The second kappa shape index (κ2) is 7.84. The number of nitrogen functional groups attached to an aromatic ring is 1.